The molecular formula is C17H14F2O5. The van der Waals surface area contributed by atoms with Gasteiger partial charge in [-0.2, -0.15) is 0 Å². The van der Waals surface area contributed by atoms with Crippen LogP contribution in [0.3, 0.4) is 0 Å². The second kappa shape index (κ2) is 7.54. The third-order valence-electron chi connectivity index (χ3n) is 3.19. The van der Waals surface area contributed by atoms with Crippen molar-refractivity contribution in [3.63, 3.8) is 0 Å². The SMILES string of the molecule is COc1ccc(C(=O)OCC(=O)c2cc(F)ccc2OC)c(F)c1. The topological polar surface area (TPSA) is 61.8 Å². The van der Waals surface area contributed by atoms with E-state index in [-0.39, 0.29) is 22.6 Å². The Hall–Kier alpha value is -2.96. The average Bonchev–Trinajstić information content (AvgIpc) is 2.59. The first-order valence-electron chi connectivity index (χ1n) is 6.83. The fourth-order valence-electron chi connectivity index (χ4n) is 1.97. The summed E-state index contributed by atoms with van der Waals surface area (Å²) in [4.78, 5) is 23.9. The first-order chi connectivity index (χ1) is 11.5. The minimum atomic E-state index is -1.01. The van der Waals surface area contributed by atoms with E-state index in [0.717, 1.165) is 18.2 Å². The van der Waals surface area contributed by atoms with E-state index in [1.807, 2.05) is 0 Å². The maximum absolute atomic E-state index is 13.8. The van der Waals surface area contributed by atoms with Gasteiger partial charge in [-0.25, -0.2) is 13.6 Å². The number of methoxy groups -OCH3 is 2. The third-order valence-corrected chi connectivity index (χ3v) is 3.19. The number of Topliss-reactive ketones (excluding diaryl/α,β-unsaturated/α-hetero) is 1. The number of ether oxygens (including phenoxy) is 3. The van der Waals surface area contributed by atoms with Crippen LogP contribution in [0, 0.1) is 11.6 Å². The molecule has 0 fully saturated rings. The van der Waals surface area contributed by atoms with Gasteiger partial charge in [-0.3, -0.25) is 4.79 Å². The second-order valence-corrected chi connectivity index (χ2v) is 4.69. The van der Waals surface area contributed by atoms with Crippen LogP contribution in [0.5, 0.6) is 11.5 Å². The molecule has 24 heavy (non-hydrogen) atoms. The number of ketones is 1. The summed E-state index contributed by atoms with van der Waals surface area (Å²) in [6, 6.07) is 6.99. The van der Waals surface area contributed by atoms with Crippen molar-refractivity contribution in [2.24, 2.45) is 0 Å². The van der Waals surface area contributed by atoms with Crippen LogP contribution in [0.25, 0.3) is 0 Å². The highest BCUT2D eigenvalue weighted by Crippen LogP contribution is 2.21. The van der Waals surface area contributed by atoms with Crippen LogP contribution in [0.1, 0.15) is 20.7 Å². The number of carbonyl (C=O) groups excluding carboxylic acids is 2. The summed E-state index contributed by atoms with van der Waals surface area (Å²) in [6.07, 6.45) is 0. The predicted octanol–water partition coefficient (Wildman–Crippen LogP) is 3.02. The molecule has 2 aromatic carbocycles. The monoisotopic (exact) mass is 336 g/mol. The van der Waals surface area contributed by atoms with E-state index in [0.29, 0.717) is 0 Å². The van der Waals surface area contributed by atoms with E-state index < -0.39 is 30.0 Å². The van der Waals surface area contributed by atoms with E-state index >= 15 is 0 Å². The van der Waals surface area contributed by atoms with E-state index in [1.54, 1.807) is 0 Å². The molecule has 0 heterocycles. The molecule has 0 aliphatic carbocycles. The Balaban J connectivity index is 2.09. The van der Waals surface area contributed by atoms with E-state index in [2.05, 4.69) is 0 Å². The van der Waals surface area contributed by atoms with E-state index in [4.69, 9.17) is 14.2 Å². The summed E-state index contributed by atoms with van der Waals surface area (Å²) in [6.45, 7) is -0.676. The fraction of sp³-hybridized carbons (Fsp3) is 0.176. The van der Waals surface area contributed by atoms with Crippen molar-refractivity contribution in [2.75, 3.05) is 20.8 Å². The quantitative estimate of drug-likeness (QED) is 0.599. The van der Waals surface area contributed by atoms with Gasteiger partial charge in [0.15, 0.2) is 6.61 Å². The molecule has 2 rings (SSSR count). The molecule has 126 valence electrons. The normalized spacial score (nSPS) is 10.2. The van der Waals surface area contributed by atoms with E-state index in [1.165, 1.54) is 32.4 Å². The van der Waals surface area contributed by atoms with Gasteiger partial charge in [0.05, 0.1) is 25.3 Å². The largest absolute Gasteiger partial charge is 0.497 e. The highest BCUT2D eigenvalue weighted by atomic mass is 19.1. The van der Waals surface area contributed by atoms with Crippen LogP contribution >= 0.6 is 0 Å². The molecule has 5 nitrogen and oxygen atoms in total. The maximum atomic E-state index is 13.8. The number of benzene rings is 2. The van der Waals surface area contributed by atoms with E-state index in [9.17, 15) is 18.4 Å². The standard InChI is InChI=1S/C17H14F2O5/c1-22-11-4-5-12(14(19)8-11)17(21)24-9-15(20)13-7-10(18)3-6-16(13)23-2/h3-8H,9H2,1-2H3. The van der Waals surface area contributed by atoms with Crippen LogP contribution in [0.15, 0.2) is 36.4 Å². The number of hydrogen-bond donors (Lipinski definition) is 0. The lowest BCUT2D eigenvalue weighted by atomic mass is 10.1. The van der Waals surface area contributed by atoms with Crippen molar-refractivity contribution in [1.29, 1.82) is 0 Å². The summed E-state index contributed by atoms with van der Waals surface area (Å²) in [5.74, 6) is -2.77. The number of rotatable bonds is 6. The molecule has 0 aromatic heterocycles. The number of carbonyl (C=O) groups is 2. The summed E-state index contributed by atoms with van der Waals surface area (Å²) >= 11 is 0. The summed E-state index contributed by atoms with van der Waals surface area (Å²) in [7, 11) is 2.68. The minimum Gasteiger partial charge on any atom is -0.497 e. The Morgan fingerprint density at radius 1 is 0.958 bits per heavy atom. The third kappa shape index (κ3) is 3.87. The molecule has 0 saturated carbocycles. The Bertz CT molecular complexity index is 774. The molecule has 0 spiro atoms. The van der Waals surface area contributed by atoms with Gasteiger partial charge in [-0.05, 0) is 30.3 Å². The second-order valence-electron chi connectivity index (χ2n) is 4.69. The summed E-state index contributed by atoms with van der Waals surface area (Å²) in [5.41, 5.74) is -0.407. The zero-order valence-corrected chi connectivity index (χ0v) is 13.0. The smallest absolute Gasteiger partial charge is 0.341 e. The minimum absolute atomic E-state index is 0.0690. The Morgan fingerprint density at radius 2 is 1.71 bits per heavy atom. The summed E-state index contributed by atoms with van der Waals surface area (Å²) in [5, 5.41) is 0. The molecule has 0 atom stereocenters. The van der Waals surface area contributed by atoms with Crippen molar-refractivity contribution in [1.82, 2.24) is 0 Å². The zero-order valence-electron chi connectivity index (χ0n) is 13.0. The highest BCUT2D eigenvalue weighted by Gasteiger charge is 2.18. The molecule has 0 radical (unpaired) electrons. The number of esters is 1. The maximum Gasteiger partial charge on any atom is 0.341 e. The highest BCUT2D eigenvalue weighted by molar-refractivity contribution is 6.01. The van der Waals surface area contributed by atoms with Gasteiger partial charge in [0.25, 0.3) is 0 Å². The molecule has 2 aromatic rings. The Morgan fingerprint density at radius 3 is 2.33 bits per heavy atom. The molecule has 0 aliphatic heterocycles. The predicted molar refractivity (Wildman–Crippen MR) is 80.5 cm³/mol. The fourth-order valence-corrected chi connectivity index (χ4v) is 1.97. The summed E-state index contributed by atoms with van der Waals surface area (Å²) < 4.78 is 41.6. The molecule has 0 bridgehead atoms. The van der Waals surface area contributed by atoms with Crippen LogP contribution in [-0.4, -0.2) is 32.6 Å². The average molecular weight is 336 g/mol. The van der Waals surface area contributed by atoms with Crippen LogP contribution in [0.4, 0.5) is 8.78 Å². The van der Waals surface area contributed by atoms with Gasteiger partial charge in [-0.1, -0.05) is 0 Å². The van der Waals surface area contributed by atoms with Crippen LogP contribution in [-0.2, 0) is 4.74 Å². The van der Waals surface area contributed by atoms with Crippen molar-refractivity contribution < 1.29 is 32.6 Å². The zero-order chi connectivity index (χ0) is 17.7. The lowest BCUT2D eigenvalue weighted by molar-refractivity contribution is 0.0469. The Kier molecular flexibility index (Phi) is 5.47. The number of halogens is 2. The molecule has 0 N–H and O–H groups in total. The Labute approximate surface area is 136 Å². The van der Waals surface area contributed by atoms with Crippen molar-refractivity contribution in [3.8, 4) is 11.5 Å². The first kappa shape index (κ1) is 17.4. The van der Waals surface area contributed by atoms with Gasteiger partial charge < -0.3 is 14.2 Å². The van der Waals surface area contributed by atoms with Crippen LogP contribution in [0.2, 0.25) is 0 Å². The van der Waals surface area contributed by atoms with Crippen LogP contribution < -0.4 is 9.47 Å². The van der Waals surface area contributed by atoms with Gasteiger partial charge in [-0.15, -0.1) is 0 Å². The molecule has 0 saturated heterocycles. The number of hydrogen-bond acceptors (Lipinski definition) is 5. The molecule has 0 aliphatic rings. The molecule has 7 heteroatoms. The molecular weight excluding hydrogens is 322 g/mol. The van der Waals surface area contributed by atoms with Gasteiger partial charge in [0, 0.05) is 6.07 Å². The molecule has 0 unspecified atom stereocenters. The van der Waals surface area contributed by atoms with Crippen molar-refractivity contribution in [3.05, 3.63) is 59.2 Å². The van der Waals surface area contributed by atoms with Gasteiger partial charge in [0.1, 0.15) is 23.1 Å². The van der Waals surface area contributed by atoms with Crippen molar-refractivity contribution >= 4 is 11.8 Å². The molecule has 0 amide bonds. The van der Waals surface area contributed by atoms with Gasteiger partial charge >= 0.3 is 5.97 Å². The van der Waals surface area contributed by atoms with Crippen molar-refractivity contribution in [2.45, 2.75) is 0 Å². The first-order valence-corrected chi connectivity index (χ1v) is 6.83. The lowest BCUT2D eigenvalue weighted by Gasteiger charge is -2.09. The van der Waals surface area contributed by atoms with Gasteiger partial charge in [0.2, 0.25) is 5.78 Å². The lowest BCUT2D eigenvalue weighted by Crippen LogP contribution is -2.16.